The second-order valence-corrected chi connectivity index (χ2v) is 10.2. The minimum atomic E-state index is -0.176. The van der Waals surface area contributed by atoms with E-state index in [1.807, 2.05) is 0 Å². The molecule has 5 nitrogen and oxygen atoms in total. The Labute approximate surface area is 193 Å². The van der Waals surface area contributed by atoms with Gasteiger partial charge in [0, 0.05) is 23.1 Å². The van der Waals surface area contributed by atoms with E-state index in [0.29, 0.717) is 18.0 Å². The zero-order chi connectivity index (χ0) is 21.9. The Balaban J connectivity index is 1.26. The van der Waals surface area contributed by atoms with Gasteiger partial charge < -0.3 is 9.84 Å². The van der Waals surface area contributed by atoms with Crippen molar-refractivity contribution in [2.45, 2.75) is 51.5 Å². The van der Waals surface area contributed by atoms with E-state index < -0.39 is 0 Å². The van der Waals surface area contributed by atoms with Gasteiger partial charge in [0.1, 0.15) is 0 Å². The van der Waals surface area contributed by atoms with Gasteiger partial charge in [0.25, 0.3) is 5.91 Å². The molecule has 3 aromatic rings. The third-order valence-electron chi connectivity index (χ3n) is 6.96. The normalized spacial score (nSPS) is 18.3. The van der Waals surface area contributed by atoms with Crippen LogP contribution in [-0.4, -0.2) is 35.6 Å². The lowest BCUT2D eigenvalue weighted by Gasteiger charge is -2.36. The first kappa shape index (κ1) is 21.4. The molecule has 1 aliphatic carbocycles. The Morgan fingerprint density at radius 3 is 2.78 bits per heavy atom. The van der Waals surface area contributed by atoms with Gasteiger partial charge in [-0.15, -0.1) is 11.3 Å². The van der Waals surface area contributed by atoms with E-state index in [0.717, 1.165) is 37.4 Å². The first-order chi connectivity index (χ1) is 15.7. The van der Waals surface area contributed by atoms with Gasteiger partial charge in [-0.1, -0.05) is 30.3 Å². The molecule has 168 valence electrons. The van der Waals surface area contributed by atoms with Crippen molar-refractivity contribution in [2.75, 3.05) is 19.6 Å². The average molecular weight is 450 g/mol. The minimum Gasteiger partial charge on any atom is -0.355 e. The summed E-state index contributed by atoms with van der Waals surface area (Å²) in [7, 11) is 0. The Kier molecular flexibility index (Phi) is 6.42. The van der Waals surface area contributed by atoms with Gasteiger partial charge in [-0.2, -0.15) is 0 Å². The molecule has 1 saturated heterocycles. The van der Waals surface area contributed by atoms with Crippen LogP contribution in [0.25, 0.3) is 11.3 Å². The molecule has 1 fully saturated rings. The Bertz CT molecular complexity index is 1050. The predicted octanol–water partition coefficient (Wildman–Crippen LogP) is 5.48. The molecule has 2 aliphatic rings. The smallest absolute Gasteiger partial charge is 0.273 e. The number of amides is 1. The lowest BCUT2D eigenvalue weighted by Crippen LogP contribution is -2.41. The molecule has 1 atom stereocenters. The molecule has 1 aromatic carbocycles. The third-order valence-corrected chi connectivity index (χ3v) is 7.94. The van der Waals surface area contributed by atoms with Crippen LogP contribution in [0.4, 0.5) is 0 Å². The molecular weight excluding hydrogens is 418 g/mol. The van der Waals surface area contributed by atoms with E-state index >= 15 is 0 Å². The van der Waals surface area contributed by atoms with Crippen molar-refractivity contribution in [3.8, 4) is 11.3 Å². The van der Waals surface area contributed by atoms with E-state index in [4.69, 9.17) is 4.52 Å². The second-order valence-electron chi connectivity index (χ2n) is 9.23. The fourth-order valence-electron chi connectivity index (χ4n) is 4.92. The summed E-state index contributed by atoms with van der Waals surface area (Å²) in [6.45, 7) is 5.05. The number of nitrogens with zero attached hydrogens (tertiary/aromatic N) is 2. The Hall–Kier alpha value is -2.44. The van der Waals surface area contributed by atoms with Crippen molar-refractivity contribution in [1.29, 1.82) is 0 Å². The van der Waals surface area contributed by atoms with Crippen LogP contribution in [0.5, 0.6) is 0 Å². The molecule has 2 aromatic heterocycles. The van der Waals surface area contributed by atoms with Crippen molar-refractivity contribution in [1.82, 2.24) is 15.4 Å². The number of hydrogen-bond acceptors (Lipinski definition) is 5. The van der Waals surface area contributed by atoms with Crippen LogP contribution in [0.1, 0.15) is 65.1 Å². The maximum Gasteiger partial charge on any atom is 0.273 e. The third kappa shape index (κ3) is 4.66. The number of piperidine rings is 1. The average Bonchev–Trinajstić information content (AvgIpc) is 3.53. The maximum absolute atomic E-state index is 12.9. The fraction of sp³-hybridized carbons (Fsp3) is 0.462. The minimum absolute atomic E-state index is 0.176. The first-order valence-corrected chi connectivity index (χ1v) is 12.7. The van der Waals surface area contributed by atoms with Crippen molar-refractivity contribution in [3.63, 3.8) is 0 Å². The van der Waals surface area contributed by atoms with Crippen molar-refractivity contribution >= 4 is 17.2 Å². The Morgan fingerprint density at radius 1 is 1.19 bits per heavy atom. The fourth-order valence-corrected chi connectivity index (χ4v) is 5.78. The highest BCUT2D eigenvalue weighted by Gasteiger charge is 2.26. The monoisotopic (exact) mass is 449 g/mol. The number of carbonyl (C=O) groups is 1. The number of nitrogens with one attached hydrogen (secondary N) is 1. The molecule has 6 heteroatoms. The van der Waals surface area contributed by atoms with Gasteiger partial charge in [-0.3, -0.25) is 9.69 Å². The molecule has 0 unspecified atom stereocenters. The van der Waals surface area contributed by atoms with Crippen LogP contribution in [0.3, 0.4) is 0 Å². The first-order valence-electron chi connectivity index (χ1n) is 11.8. The summed E-state index contributed by atoms with van der Waals surface area (Å²) in [5.74, 6) is 1.26. The molecule has 1 aliphatic heterocycles. The van der Waals surface area contributed by atoms with E-state index in [1.165, 1.54) is 41.7 Å². The number of benzene rings is 1. The summed E-state index contributed by atoms with van der Waals surface area (Å²) in [5.41, 5.74) is 4.17. The highest BCUT2D eigenvalue weighted by Crippen LogP contribution is 2.30. The molecule has 32 heavy (non-hydrogen) atoms. The van der Waals surface area contributed by atoms with Gasteiger partial charge >= 0.3 is 0 Å². The highest BCUT2D eigenvalue weighted by atomic mass is 32.1. The van der Waals surface area contributed by atoms with Crippen LogP contribution >= 0.6 is 11.3 Å². The predicted molar refractivity (Wildman–Crippen MR) is 128 cm³/mol. The summed E-state index contributed by atoms with van der Waals surface area (Å²) in [6.07, 6.45) is 7.20. The lowest BCUT2D eigenvalue weighted by molar-refractivity contribution is 0.0906. The van der Waals surface area contributed by atoms with Crippen molar-refractivity contribution in [3.05, 3.63) is 63.5 Å². The second kappa shape index (κ2) is 9.59. The molecule has 0 bridgehead atoms. The molecule has 1 amide bonds. The Morgan fingerprint density at radius 2 is 2.00 bits per heavy atom. The van der Waals surface area contributed by atoms with Gasteiger partial charge in [0.05, 0.1) is 6.04 Å². The van der Waals surface area contributed by atoms with Crippen molar-refractivity contribution < 1.29 is 9.32 Å². The number of rotatable bonds is 6. The van der Waals surface area contributed by atoms with Crippen LogP contribution in [0.15, 0.2) is 46.3 Å². The molecule has 0 saturated carbocycles. The van der Waals surface area contributed by atoms with E-state index in [2.05, 4.69) is 58.0 Å². The number of likely N-dealkylation sites (tertiary alicyclic amines) is 1. The quantitative estimate of drug-likeness (QED) is 0.541. The number of carbonyl (C=O) groups excluding carboxylic acids is 1. The molecular formula is C26H31N3O2S. The summed E-state index contributed by atoms with van der Waals surface area (Å²) >= 11 is 1.76. The molecule has 0 radical (unpaired) electrons. The highest BCUT2D eigenvalue weighted by molar-refractivity contribution is 7.10. The largest absolute Gasteiger partial charge is 0.355 e. The number of fused-ring (bicyclic) bond motifs is 1. The number of aryl methyl sites for hydroxylation is 2. The molecule has 5 rings (SSSR count). The van der Waals surface area contributed by atoms with E-state index in [9.17, 15) is 4.79 Å². The summed E-state index contributed by atoms with van der Waals surface area (Å²) in [5, 5.41) is 9.29. The molecule has 1 N–H and O–H groups in total. The van der Waals surface area contributed by atoms with Gasteiger partial charge in [0.15, 0.2) is 11.5 Å². The van der Waals surface area contributed by atoms with Crippen LogP contribution in [0, 0.1) is 5.92 Å². The molecule has 0 spiro atoms. The van der Waals surface area contributed by atoms with Gasteiger partial charge in [-0.25, -0.2) is 0 Å². The maximum atomic E-state index is 12.9. The SMILES string of the molecule is CC1CCN([C@H](CNC(=O)c2cc(-c3ccc4c(c3)CCCC4)on2)c2cccs2)CC1. The number of hydrogen-bond donors (Lipinski definition) is 1. The summed E-state index contributed by atoms with van der Waals surface area (Å²) < 4.78 is 5.55. The van der Waals surface area contributed by atoms with Gasteiger partial charge in [0.2, 0.25) is 0 Å². The van der Waals surface area contributed by atoms with Crippen LogP contribution in [-0.2, 0) is 12.8 Å². The standard InChI is InChI=1S/C26H31N3O2S/c1-18-10-12-29(13-11-18)23(25-7-4-14-32-25)17-27-26(30)22-16-24(31-28-22)21-9-8-19-5-2-3-6-20(19)15-21/h4,7-9,14-16,18,23H,2-3,5-6,10-13,17H2,1H3,(H,27,30)/t23-/m1/s1. The summed E-state index contributed by atoms with van der Waals surface area (Å²) in [4.78, 5) is 16.7. The lowest BCUT2D eigenvalue weighted by atomic mass is 9.90. The van der Waals surface area contributed by atoms with Crippen LogP contribution < -0.4 is 5.32 Å². The van der Waals surface area contributed by atoms with Gasteiger partial charge in [-0.05, 0) is 86.2 Å². The van der Waals surface area contributed by atoms with E-state index in [1.54, 1.807) is 17.4 Å². The van der Waals surface area contributed by atoms with Crippen LogP contribution in [0.2, 0.25) is 0 Å². The summed E-state index contributed by atoms with van der Waals surface area (Å²) in [6, 6.07) is 12.7. The zero-order valence-corrected chi connectivity index (χ0v) is 19.5. The van der Waals surface area contributed by atoms with Crippen molar-refractivity contribution in [2.24, 2.45) is 5.92 Å². The topological polar surface area (TPSA) is 58.4 Å². The van der Waals surface area contributed by atoms with E-state index in [-0.39, 0.29) is 11.9 Å². The number of thiophene rings is 1. The zero-order valence-electron chi connectivity index (χ0n) is 18.7. The number of aromatic nitrogens is 1. The molecule has 3 heterocycles.